The van der Waals surface area contributed by atoms with Gasteiger partial charge in [-0.25, -0.2) is 4.39 Å². The van der Waals surface area contributed by atoms with E-state index < -0.39 is 11.5 Å². The highest BCUT2D eigenvalue weighted by molar-refractivity contribution is 5.88. The van der Waals surface area contributed by atoms with Crippen molar-refractivity contribution in [1.82, 2.24) is 0 Å². The third-order valence-corrected chi connectivity index (χ3v) is 2.47. The van der Waals surface area contributed by atoms with Gasteiger partial charge in [-0.3, -0.25) is 4.79 Å². The van der Waals surface area contributed by atoms with Crippen LogP contribution in [0.3, 0.4) is 0 Å². The first-order chi connectivity index (χ1) is 7.32. The Hall–Kier alpha value is -1.22. The van der Waals surface area contributed by atoms with Crippen molar-refractivity contribution in [2.24, 2.45) is 11.1 Å². The molecule has 1 aromatic carbocycles. The summed E-state index contributed by atoms with van der Waals surface area (Å²) in [7, 11) is 0. The Bertz CT molecular complexity index is 382. The number of carbonyl (C=O) groups excluding carboxylic acids is 1. The summed E-state index contributed by atoms with van der Waals surface area (Å²) < 4.78 is 13.3. The molecule has 0 amide bonds. The van der Waals surface area contributed by atoms with Crippen molar-refractivity contribution >= 4 is 5.78 Å². The summed E-state index contributed by atoms with van der Waals surface area (Å²) in [5, 5.41) is 0. The highest BCUT2D eigenvalue weighted by Crippen LogP contribution is 2.18. The Morgan fingerprint density at radius 1 is 1.38 bits per heavy atom. The third kappa shape index (κ3) is 3.14. The molecule has 0 aliphatic rings. The van der Waals surface area contributed by atoms with E-state index in [1.165, 1.54) is 6.07 Å². The molecular formula is C13H18FNO. The van der Waals surface area contributed by atoms with Crippen LogP contribution in [0.15, 0.2) is 24.3 Å². The summed E-state index contributed by atoms with van der Waals surface area (Å²) in [6.07, 6.45) is 0.253. The smallest absolute Gasteiger partial charge is 0.155 e. The van der Waals surface area contributed by atoms with Crippen molar-refractivity contribution in [3.05, 3.63) is 35.6 Å². The molecule has 2 N–H and O–H groups in total. The summed E-state index contributed by atoms with van der Waals surface area (Å²) in [5.41, 5.74) is 5.80. The van der Waals surface area contributed by atoms with Gasteiger partial charge in [-0.1, -0.05) is 39.0 Å². The molecule has 0 fully saturated rings. The maximum atomic E-state index is 13.3. The van der Waals surface area contributed by atoms with Gasteiger partial charge in [-0.2, -0.15) is 0 Å². The molecule has 88 valence electrons. The van der Waals surface area contributed by atoms with Crippen LogP contribution in [0.5, 0.6) is 0 Å². The van der Waals surface area contributed by atoms with Gasteiger partial charge in [0.05, 0.1) is 6.04 Å². The number of halogens is 1. The predicted octanol–water partition coefficient (Wildman–Crippen LogP) is 2.31. The zero-order valence-corrected chi connectivity index (χ0v) is 9.96. The number of nitrogens with two attached hydrogens (primary N) is 1. The number of rotatable bonds is 3. The van der Waals surface area contributed by atoms with Gasteiger partial charge in [-0.05, 0) is 18.1 Å². The molecule has 1 atom stereocenters. The first-order valence-electron chi connectivity index (χ1n) is 5.35. The standard InChI is InChI=1S/C13H18FNO/c1-13(2,3)12(16)11(15)8-9-6-4-5-7-10(9)14/h4-7,11H,8,15H2,1-3H3/t11-/m0/s1. The summed E-state index contributed by atoms with van der Waals surface area (Å²) in [6, 6.07) is 5.76. The highest BCUT2D eigenvalue weighted by atomic mass is 19.1. The van der Waals surface area contributed by atoms with E-state index in [0.717, 1.165) is 0 Å². The highest BCUT2D eigenvalue weighted by Gasteiger charge is 2.27. The Kier molecular flexibility index (Phi) is 3.81. The van der Waals surface area contributed by atoms with Crippen LogP contribution in [0.1, 0.15) is 26.3 Å². The maximum Gasteiger partial charge on any atom is 0.155 e. The van der Waals surface area contributed by atoms with Gasteiger partial charge >= 0.3 is 0 Å². The minimum atomic E-state index is -0.642. The Morgan fingerprint density at radius 2 is 1.94 bits per heavy atom. The maximum absolute atomic E-state index is 13.3. The molecule has 0 unspecified atom stereocenters. The first-order valence-corrected chi connectivity index (χ1v) is 5.35. The Labute approximate surface area is 95.7 Å². The lowest BCUT2D eigenvalue weighted by molar-refractivity contribution is -0.127. The minimum absolute atomic E-state index is 0.0456. The van der Waals surface area contributed by atoms with Crippen LogP contribution in [-0.4, -0.2) is 11.8 Å². The zero-order chi connectivity index (χ0) is 12.3. The van der Waals surface area contributed by atoms with Crippen molar-refractivity contribution in [2.75, 3.05) is 0 Å². The van der Waals surface area contributed by atoms with E-state index in [1.807, 2.05) is 20.8 Å². The van der Waals surface area contributed by atoms with Crippen LogP contribution in [0.4, 0.5) is 4.39 Å². The van der Waals surface area contributed by atoms with Crippen LogP contribution in [0, 0.1) is 11.2 Å². The lowest BCUT2D eigenvalue weighted by atomic mass is 9.84. The molecule has 2 nitrogen and oxygen atoms in total. The van der Waals surface area contributed by atoms with Crippen molar-refractivity contribution < 1.29 is 9.18 Å². The molecule has 0 aliphatic heterocycles. The molecule has 0 aromatic heterocycles. The number of benzene rings is 1. The van der Waals surface area contributed by atoms with Crippen LogP contribution in [0.25, 0.3) is 0 Å². The molecule has 0 radical (unpaired) electrons. The normalized spacial score (nSPS) is 13.6. The molecular weight excluding hydrogens is 205 g/mol. The number of Topliss-reactive ketones (excluding diaryl/α,β-unsaturated/α-hetero) is 1. The lowest BCUT2D eigenvalue weighted by Crippen LogP contribution is -2.40. The quantitative estimate of drug-likeness (QED) is 0.854. The average molecular weight is 223 g/mol. The second-order valence-electron chi connectivity index (χ2n) is 5.02. The average Bonchev–Trinajstić information content (AvgIpc) is 2.19. The Morgan fingerprint density at radius 3 is 2.44 bits per heavy atom. The van der Waals surface area contributed by atoms with Gasteiger partial charge < -0.3 is 5.73 Å². The molecule has 0 heterocycles. The SMILES string of the molecule is CC(C)(C)C(=O)[C@@H](N)Cc1ccccc1F. The Balaban J connectivity index is 2.76. The summed E-state index contributed by atoms with van der Waals surface area (Å²) in [5.74, 6) is -0.351. The van der Waals surface area contributed by atoms with Gasteiger partial charge in [0.2, 0.25) is 0 Å². The fourth-order valence-electron chi connectivity index (χ4n) is 1.55. The van der Waals surface area contributed by atoms with E-state index in [9.17, 15) is 9.18 Å². The van der Waals surface area contributed by atoms with Gasteiger partial charge in [0, 0.05) is 5.41 Å². The number of ketones is 1. The van der Waals surface area contributed by atoms with Crippen molar-refractivity contribution in [1.29, 1.82) is 0 Å². The van der Waals surface area contributed by atoms with Gasteiger partial charge in [0.15, 0.2) is 5.78 Å². The van der Waals surface area contributed by atoms with Crippen LogP contribution in [0.2, 0.25) is 0 Å². The topological polar surface area (TPSA) is 43.1 Å². The monoisotopic (exact) mass is 223 g/mol. The lowest BCUT2D eigenvalue weighted by Gasteiger charge is -2.21. The van der Waals surface area contributed by atoms with E-state index >= 15 is 0 Å². The largest absolute Gasteiger partial charge is 0.321 e. The first kappa shape index (κ1) is 12.8. The summed E-state index contributed by atoms with van der Waals surface area (Å²) in [4.78, 5) is 11.8. The van der Waals surface area contributed by atoms with Crippen molar-refractivity contribution in [3.8, 4) is 0 Å². The van der Waals surface area contributed by atoms with Crippen LogP contribution in [-0.2, 0) is 11.2 Å². The second-order valence-corrected chi connectivity index (χ2v) is 5.02. The summed E-state index contributed by atoms with van der Waals surface area (Å²) >= 11 is 0. The molecule has 0 saturated carbocycles. The minimum Gasteiger partial charge on any atom is -0.321 e. The zero-order valence-electron chi connectivity index (χ0n) is 9.96. The third-order valence-electron chi connectivity index (χ3n) is 2.47. The molecule has 1 aromatic rings. The molecule has 16 heavy (non-hydrogen) atoms. The van der Waals surface area contributed by atoms with E-state index in [4.69, 9.17) is 5.73 Å². The molecule has 0 spiro atoms. The number of hydrogen-bond donors (Lipinski definition) is 1. The van der Waals surface area contributed by atoms with Crippen LogP contribution >= 0.6 is 0 Å². The molecule has 1 rings (SSSR count). The van der Waals surface area contributed by atoms with E-state index in [2.05, 4.69) is 0 Å². The van der Waals surface area contributed by atoms with Crippen molar-refractivity contribution in [2.45, 2.75) is 33.2 Å². The second kappa shape index (κ2) is 4.74. The number of hydrogen-bond acceptors (Lipinski definition) is 2. The molecule has 0 saturated heterocycles. The molecule has 0 aliphatic carbocycles. The van der Waals surface area contributed by atoms with Gasteiger partial charge in [-0.15, -0.1) is 0 Å². The van der Waals surface area contributed by atoms with Crippen molar-refractivity contribution in [3.63, 3.8) is 0 Å². The van der Waals surface area contributed by atoms with E-state index in [1.54, 1.807) is 18.2 Å². The fraction of sp³-hybridized carbons (Fsp3) is 0.462. The van der Waals surface area contributed by atoms with Gasteiger partial charge in [0.1, 0.15) is 5.82 Å². The fourth-order valence-corrected chi connectivity index (χ4v) is 1.55. The molecule has 3 heteroatoms. The summed E-state index contributed by atoms with van der Waals surface area (Å²) in [6.45, 7) is 5.45. The van der Waals surface area contributed by atoms with Gasteiger partial charge in [0.25, 0.3) is 0 Å². The van der Waals surface area contributed by atoms with E-state index in [0.29, 0.717) is 5.56 Å². The van der Waals surface area contributed by atoms with E-state index in [-0.39, 0.29) is 18.0 Å². The predicted molar refractivity (Wildman–Crippen MR) is 62.5 cm³/mol. The molecule has 0 bridgehead atoms. The van der Waals surface area contributed by atoms with Crippen LogP contribution < -0.4 is 5.73 Å². The number of carbonyl (C=O) groups is 1.